The van der Waals surface area contributed by atoms with E-state index in [1.165, 1.54) is 17.6 Å². The summed E-state index contributed by atoms with van der Waals surface area (Å²) in [5, 5.41) is 12.0. The van der Waals surface area contributed by atoms with Gasteiger partial charge < -0.3 is 11.1 Å². The molecule has 1 aliphatic heterocycles. The molecule has 0 aliphatic carbocycles. The average molecular weight is 466 g/mol. The number of allylic oxidation sites excluding steroid dienone is 1. The zero-order chi connectivity index (χ0) is 24.8. The summed E-state index contributed by atoms with van der Waals surface area (Å²) in [7, 11) is 1.90. The number of likely N-dealkylation sites (tertiary alicyclic amines) is 1. The maximum absolute atomic E-state index is 8.77. The smallest absolute Gasteiger partial charge is 0.0720 e. The molecule has 0 amide bonds. The number of pyridine rings is 1. The van der Waals surface area contributed by atoms with Crippen molar-refractivity contribution in [3.05, 3.63) is 107 Å². The van der Waals surface area contributed by atoms with E-state index in [1.54, 1.807) is 6.20 Å². The highest BCUT2D eigenvalue weighted by molar-refractivity contribution is 6.14. The number of aromatic nitrogens is 1. The van der Waals surface area contributed by atoms with Crippen LogP contribution in [0.15, 0.2) is 79.0 Å². The first-order valence-electron chi connectivity index (χ1n) is 12.2. The van der Waals surface area contributed by atoms with E-state index in [4.69, 9.17) is 11.1 Å². The Kier molecular flexibility index (Phi) is 7.78. The van der Waals surface area contributed by atoms with Gasteiger partial charge in [0.2, 0.25) is 0 Å². The molecule has 1 fully saturated rings. The van der Waals surface area contributed by atoms with E-state index in [2.05, 4.69) is 58.2 Å². The maximum atomic E-state index is 8.77. The molecular weight excluding hydrogens is 430 g/mol. The van der Waals surface area contributed by atoms with Gasteiger partial charge in [0, 0.05) is 54.5 Å². The van der Waals surface area contributed by atoms with Crippen LogP contribution in [0.1, 0.15) is 40.8 Å². The summed E-state index contributed by atoms with van der Waals surface area (Å²) in [6.07, 6.45) is 8.24. The number of hydrogen-bond donors (Lipinski definition) is 3. The van der Waals surface area contributed by atoms with Gasteiger partial charge in [0.15, 0.2) is 0 Å². The molecule has 1 atom stereocenters. The second-order valence-corrected chi connectivity index (χ2v) is 9.25. The summed E-state index contributed by atoms with van der Waals surface area (Å²) in [6.45, 7) is 9.18. The monoisotopic (exact) mass is 465 g/mol. The van der Waals surface area contributed by atoms with Crippen molar-refractivity contribution in [2.75, 3.05) is 31.2 Å². The van der Waals surface area contributed by atoms with Crippen molar-refractivity contribution in [1.29, 1.82) is 5.41 Å². The van der Waals surface area contributed by atoms with E-state index in [-0.39, 0.29) is 0 Å². The van der Waals surface area contributed by atoms with Crippen molar-refractivity contribution in [2.45, 2.75) is 26.3 Å². The number of nitrogens with zero attached hydrogens (tertiary/aromatic N) is 2. The van der Waals surface area contributed by atoms with Crippen LogP contribution in [0.5, 0.6) is 0 Å². The molecule has 0 saturated carbocycles. The molecule has 3 aromatic rings. The SMILES string of the molecule is C=C/C(=C\c1cc(C(=N)c2ccc(C)nc2)c(N)cc1NC)C1CCCN(Cc2ccccc2)C1. The fourth-order valence-corrected chi connectivity index (χ4v) is 4.79. The van der Waals surface area contributed by atoms with Crippen molar-refractivity contribution in [1.82, 2.24) is 9.88 Å². The Balaban J connectivity index is 1.61. The van der Waals surface area contributed by atoms with Gasteiger partial charge in [-0.2, -0.15) is 0 Å². The van der Waals surface area contributed by atoms with E-state index in [9.17, 15) is 0 Å². The molecule has 1 aromatic heterocycles. The highest BCUT2D eigenvalue weighted by Crippen LogP contribution is 2.31. The van der Waals surface area contributed by atoms with Gasteiger partial charge in [-0.1, -0.05) is 43.0 Å². The van der Waals surface area contributed by atoms with Gasteiger partial charge in [0.1, 0.15) is 0 Å². The number of anilines is 2. The minimum absolute atomic E-state index is 0.374. The molecule has 0 spiro atoms. The molecule has 2 aromatic carbocycles. The van der Waals surface area contributed by atoms with Crippen molar-refractivity contribution in [2.24, 2.45) is 5.92 Å². The Labute approximate surface area is 208 Å². The van der Waals surface area contributed by atoms with E-state index < -0.39 is 0 Å². The first-order chi connectivity index (χ1) is 17.0. The highest BCUT2D eigenvalue weighted by Gasteiger charge is 2.22. The van der Waals surface area contributed by atoms with E-state index in [0.717, 1.165) is 48.6 Å². The number of rotatable bonds is 8. The summed E-state index contributed by atoms with van der Waals surface area (Å²) in [4.78, 5) is 6.88. The Hall–Kier alpha value is -3.70. The van der Waals surface area contributed by atoms with Gasteiger partial charge in [-0.15, -0.1) is 0 Å². The summed E-state index contributed by atoms with van der Waals surface area (Å²) in [5.74, 6) is 0.413. The lowest BCUT2D eigenvalue weighted by Crippen LogP contribution is -2.35. The third-order valence-corrected chi connectivity index (χ3v) is 6.74. The lowest BCUT2D eigenvalue weighted by Gasteiger charge is -2.33. The summed E-state index contributed by atoms with van der Waals surface area (Å²) < 4.78 is 0. The van der Waals surface area contributed by atoms with Crippen LogP contribution in [-0.4, -0.2) is 35.7 Å². The Morgan fingerprint density at radius 1 is 1.23 bits per heavy atom. The first-order valence-corrected chi connectivity index (χ1v) is 12.2. The summed E-state index contributed by atoms with van der Waals surface area (Å²) in [6, 6.07) is 18.4. The zero-order valence-electron chi connectivity index (χ0n) is 20.7. The number of hydrogen-bond acceptors (Lipinski definition) is 5. The van der Waals surface area contributed by atoms with Crippen molar-refractivity contribution < 1.29 is 0 Å². The quantitative estimate of drug-likeness (QED) is 0.219. The van der Waals surface area contributed by atoms with E-state index in [1.807, 2.05) is 44.3 Å². The number of nitrogens with two attached hydrogens (primary N) is 1. The molecule has 5 heteroatoms. The van der Waals surface area contributed by atoms with Crippen LogP contribution >= 0.6 is 0 Å². The molecule has 4 N–H and O–H groups in total. The second kappa shape index (κ2) is 11.2. The Morgan fingerprint density at radius 3 is 2.71 bits per heavy atom. The molecule has 5 nitrogen and oxygen atoms in total. The van der Waals surface area contributed by atoms with Gasteiger partial charge in [0.25, 0.3) is 0 Å². The van der Waals surface area contributed by atoms with Gasteiger partial charge in [-0.05, 0) is 79.3 Å². The van der Waals surface area contributed by atoms with E-state index >= 15 is 0 Å². The molecular formula is C30H35N5. The number of nitrogen functional groups attached to an aromatic ring is 1. The average Bonchev–Trinajstić information content (AvgIpc) is 2.88. The van der Waals surface area contributed by atoms with Crippen molar-refractivity contribution >= 4 is 23.2 Å². The van der Waals surface area contributed by atoms with Gasteiger partial charge in [0.05, 0.1) is 5.71 Å². The molecule has 1 unspecified atom stereocenters. The molecule has 35 heavy (non-hydrogen) atoms. The van der Waals surface area contributed by atoms with Gasteiger partial charge in [-0.3, -0.25) is 15.3 Å². The zero-order valence-corrected chi connectivity index (χ0v) is 20.7. The highest BCUT2D eigenvalue weighted by atomic mass is 15.1. The molecule has 180 valence electrons. The summed E-state index contributed by atoms with van der Waals surface area (Å²) in [5.41, 5.74) is 14.2. The third-order valence-electron chi connectivity index (χ3n) is 6.74. The molecule has 0 bridgehead atoms. The van der Waals surface area contributed by atoms with Gasteiger partial charge >= 0.3 is 0 Å². The minimum Gasteiger partial charge on any atom is -0.398 e. The van der Waals surface area contributed by atoms with Crippen molar-refractivity contribution in [3.8, 4) is 0 Å². The number of aryl methyl sites for hydroxylation is 1. The van der Waals surface area contributed by atoms with E-state index in [0.29, 0.717) is 22.9 Å². The third kappa shape index (κ3) is 5.87. The molecule has 1 aliphatic rings. The predicted octanol–water partition coefficient (Wildman–Crippen LogP) is 5.91. The normalized spacial score (nSPS) is 16.6. The van der Waals surface area contributed by atoms with Crippen LogP contribution in [0.25, 0.3) is 6.08 Å². The molecule has 1 saturated heterocycles. The largest absolute Gasteiger partial charge is 0.398 e. The number of benzene rings is 2. The lowest BCUT2D eigenvalue weighted by atomic mass is 9.88. The first kappa shape index (κ1) is 24.4. The van der Waals surface area contributed by atoms with Crippen LogP contribution in [0.2, 0.25) is 0 Å². The lowest BCUT2D eigenvalue weighted by molar-refractivity contribution is 0.186. The summed E-state index contributed by atoms with van der Waals surface area (Å²) >= 11 is 0. The van der Waals surface area contributed by atoms with Crippen LogP contribution < -0.4 is 11.1 Å². The fraction of sp³-hybridized carbons (Fsp3) is 0.267. The standard InChI is InChI=1S/C30H35N5/c1-4-23(25-11-8-14-35(20-25)19-22-9-6-5-7-10-22)15-26-16-27(28(31)17-29(26)33-3)30(32)24-13-12-21(2)34-18-24/h4-7,9-10,12-13,15-18,25,32-33H,1,8,11,14,19-20,31H2,2-3H3/b23-15+,32-30?. The minimum atomic E-state index is 0.374. The van der Waals surface area contributed by atoms with Gasteiger partial charge in [-0.25, -0.2) is 0 Å². The molecule has 0 radical (unpaired) electrons. The number of piperidine rings is 1. The maximum Gasteiger partial charge on any atom is 0.0720 e. The fourth-order valence-electron chi connectivity index (χ4n) is 4.79. The topological polar surface area (TPSA) is 78.0 Å². The Bertz CT molecular complexity index is 1210. The Morgan fingerprint density at radius 2 is 2.03 bits per heavy atom. The molecule has 2 heterocycles. The second-order valence-electron chi connectivity index (χ2n) is 9.25. The van der Waals surface area contributed by atoms with Crippen LogP contribution in [0, 0.1) is 18.3 Å². The van der Waals surface area contributed by atoms with Crippen molar-refractivity contribution in [3.63, 3.8) is 0 Å². The molecule has 4 rings (SSSR count). The van der Waals surface area contributed by atoms with Crippen LogP contribution in [0.3, 0.4) is 0 Å². The number of nitrogens with one attached hydrogen (secondary N) is 2. The van der Waals surface area contributed by atoms with Crippen LogP contribution in [0.4, 0.5) is 11.4 Å². The predicted molar refractivity (Wildman–Crippen MR) is 148 cm³/mol. The van der Waals surface area contributed by atoms with Crippen LogP contribution in [-0.2, 0) is 6.54 Å².